The lowest BCUT2D eigenvalue weighted by molar-refractivity contribution is 0.0520. The Hall–Kier alpha value is -3.43. The molecule has 2 N–H and O–H groups in total. The number of ketones is 1. The van der Waals surface area contributed by atoms with Crippen molar-refractivity contribution in [3.63, 3.8) is 0 Å². The highest BCUT2D eigenvalue weighted by Gasteiger charge is 2.14. The molecule has 1 aromatic heterocycles. The molecule has 0 saturated carbocycles. The van der Waals surface area contributed by atoms with E-state index in [4.69, 9.17) is 17.0 Å². The smallest absolute Gasteiger partial charge is 0.357 e. The van der Waals surface area contributed by atoms with E-state index in [0.29, 0.717) is 21.8 Å². The van der Waals surface area contributed by atoms with Gasteiger partial charge in [-0.3, -0.25) is 14.9 Å². The van der Waals surface area contributed by atoms with Crippen LogP contribution in [-0.2, 0) is 4.74 Å². The number of rotatable bonds is 6. The summed E-state index contributed by atoms with van der Waals surface area (Å²) in [6.07, 6.45) is 0. The summed E-state index contributed by atoms with van der Waals surface area (Å²) in [6.45, 7) is 1.96. The first kappa shape index (κ1) is 21.3. The predicted octanol–water partition coefficient (Wildman–Crippen LogP) is 3.68. The van der Waals surface area contributed by atoms with Crippen molar-refractivity contribution >= 4 is 51.5 Å². The minimum atomic E-state index is -0.526. The van der Waals surface area contributed by atoms with Crippen LogP contribution < -0.4 is 10.6 Å². The molecule has 1 amide bonds. The number of amides is 1. The summed E-state index contributed by atoms with van der Waals surface area (Å²) in [4.78, 5) is 40.5. The van der Waals surface area contributed by atoms with Crippen LogP contribution in [0.4, 0.5) is 5.13 Å². The van der Waals surface area contributed by atoms with Gasteiger partial charge < -0.3 is 10.1 Å². The fourth-order valence-corrected chi connectivity index (χ4v) is 3.40. The summed E-state index contributed by atoms with van der Waals surface area (Å²) in [7, 11) is 0. The Morgan fingerprint density at radius 2 is 1.63 bits per heavy atom. The number of thiocarbonyl (C=S) groups is 1. The van der Waals surface area contributed by atoms with E-state index < -0.39 is 11.9 Å². The number of thiazole rings is 1. The standard InChI is InChI=1S/C21H17N3O4S2/c1-2-28-19(27)16-12-30-21(22-16)24-20(29)23-18(26)15-10-8-14(9-11-15)17(25)13-6-4-3-5-7-13/h3-12H,2H2,1H3,(H2,22,23,24,26,29). The van der Waals surface area contributed by atoms with E-state index in [9.17, 15) is 14.4 Å². The first-order valence-corrected chi connectivity index (χ1v) is 10.2. The molecule has 30 heavy (non-hydrogen) atoms. The SMILES string of the molecule is CCOC(=O)c1csc(NC(=S)NC(=O)c2ccc(C(=O)c3ccccc3)cc2)n1. The van der Waals surface area contributed by atoms with Crippen LogP contribution in [0.5, 0.6) is 0 Å². The summed E-state index contributed by atoms with van der Waals surface area (Å²) in [5, 5.41) is 7.22. The third-order valence-corrected chi connectivity index (χ3v) is 4.84. The molecular formula is C21H17N3O4S2. The van der Waals surface area contributed by atoms with Crippen molar-refractivity contribution in [2.45, 2.75) is 6.92 Å². The highest BCUT2D eigenvalue weighted by molar-refractivity contribution is 7.80. The fraction of sp³-hybridized carbons (Fsp3) is 0.0952. The second-order valence-corrected chi connectivity index (χ2v) is 7.21. The molecule has 3 rings (SSSR count). The molecule has 0 spiro atoms. The molecule has 0 aliphatic heterocycles. The molecule has 0 bridgehead atoms. The van der Waals surface area contributed by atoms with E-state index in [1.807, 2.05) is 6.07 Å². The average molecular weight is 440 g/mol. The number of benzene rings is 2. The number of esters is 1. The molecule has 0 aliphatic carbocycles. The molecule has 0 fully saturated rings. The van der Waals surface area contributed by atoms with Crippen LogP contribution in [0, 0.1) is 0 Å². The Bertz CT molecular complexity index is 1080. The second kappa shape index (κ2) is 9.86. The van der Waals surface area contributed by atoms with Gasteiger partial charge in [-0.2, -0.15) is 0 Å². The zero-order valence-corrected chi connectivity index (χ0v) is 17.5. The van der Waals surface area contributed by atoms with E-state index in [-0.39, 0.29) is 23.2 Å². The van der Waals surface area contributed by atoms with Crippen LogP contribution in [0.15, 0.2) is 60.0 Å². The highest BCUT2D eigenvalue weighted by Crippen LogP contribution is 2.16. The first-order valence-electron chi connectivity index (χ1n) is 8.92. The molecule has 2 aromatic carbocycles. The normalized spacial score (nSPS) is 10.2. The average Bonchev–Trinajstić information content (AvgIpc) is 3.22. The number of hydrogen-bond acceptors (Lipinski definition) is 7. The van der Waals surface area contributed by atoms with Crippen LogP contribution >= 0.6 is 23.6 Å². The van der Waals surface area contributed by atoms with Gasteiger partial charge in [0.25, 0.3) is 5.91 Å². The Kier molecular flexibility index (Phi) is 6.99. The Balaban J connectivity index is 1.58. The molecule has 152 valence electrons. The molecule has 0 radical (unpaired) electrons. The Morgan fingerprint density at radius 3 is 2.30 bits per heavy atom. The minimum absolute atomic E-state index is 0.0363. The molecule has 0 aliphatic rings. The molecule has 0 unspecified atom stereocenters. The van der Waals surface area contributed by atoms with Crippen LogP contribution in [0.2, 0.25) is 0 Å². The zero-order valence-electron chi connectivity index (χ0n) is 15.9. The number of carbonyl (C=O) groups excluding carboxylic acids is 3. The van der Waals surface area contributed by atoms with Gasteiger partial charge in [0.15, 0.2) is 21.7 Å². The minimum Gasteiger partial charge on any atom is -0.461 e. The van der Waals surface area contributed by atoms with Crippen LogP contribution in [0.3, 0.4) is 0 Å². The van der Waals surface area contributed by atoms with Crippen molar-refractivity contribution in [2.75, 3.05) is 11.9 Å². The van der Waals surface area contributed by atoms with Gasteiger partial charge in [0.1, 0.15) is 0 Å². The van der Waals surface area contributed by atoms with E-state index in [1.54, 1.807) is 55.5 Å². The third-order valence-electron chi connectivity index (χ3n) is 3.88. The van der Waals surface area contributed by atoms with Gasteiger partial charge in [0.05, 0.1) is 6.61 Å². The molecule has 3 aromatic rings. The molecule has 0 atom stereocenters. The van der Waals surface area contributed by atoms with Crippen LogP contribution in [0.1, 0.15) is 43.7 Å². The topological polar surface area (TPSA) is 97.4 Å². The van der Waals surface area contributed by atoms with Gasteiger partial charge in [-0.05, 0) is 31.3 Å². The first-order chi connectivity index (χ1) is 14.5. The van der Waals surface area contributed by atoms with E-state index in [0.717, 1.165) is 11.3 Å². The maximum Gasteiger partial charge on any atom is 0.357 e. The lowest BCUT2D eigenvalue weighted by Gasteiger charge is -2.08. The van der Waals surface area contributed by atoms with Gasteiger partial charge in [-0.15, -0.1) is 11.3 Å². The summed E-state index contributed by atoms with van der Waals surface area (Å²) in [5.41, 5.74) is 1.56. The predicted molar refractivity (Wildman–Crippen MR) is 118 cm³/mol. The van der Waals surface area contributed by atoms with Gasteiger partial charge in [0.2, 0.25) is 0 Å². The van der Waals surface area contributed by atoms with Gasteiger partial charge in [-0.1, -0.05) is 42.5 Å². The van der Waals surface area contributed by atoms with Crippen molar-refractivity contribution in [3.8, 4) is 0 Å². The third kappa shape index (κ3) is 5.34. The quantitative estimate of drug-likeness (QED) is 0.343. The molecule has 7 nitrogen and oxygen atoms in total. The number of carbonyl (C=O) groups is 3. The number of nitrogens with zero attached hydrogens (tertiary/aromatic N) is 1. The lowest BCUT2D eigenvalue weighted by atomic mass is 10.0. The van der Waals surface area contributed by atoms with Crippen LogP contribution in [-0.4, -0.2) is 34.4 Å². The number of aromatic nitrogens is 1. The van der Waals surface area contributed by atoms with E-state index in [1.165, 1.54) is 5.38 Å². The molecule has 9 heteroatoms. The van der Waals surface area contributed by atoms with Gasteiger partial charge in [0, 0.05) is 22.1 Å². The van der Waals surface area contributed by atoms with Gasteiger partial charge >= 0.3 is 5.97 Å². The molecular weight excluding hydrogens is 422 g/mol. The number of ether oxygens (including phenoxy) is 1. The van der Waals surface area contributed by atoms with E-state index in [2.05, 4.69) is 15.6 Å². The Morgan fingerprint density at radius 1 is 1.00 bits per heavy atom. The monoisotopic (exact) mass is 439 g/mol. The van der Waals surface area contributed by atoms with Crippen molar-refractivity contribution in [1.29, 1.82) is 0 Å². The zero-order chi connectivity index (χ0) is 21.5. The Labute approximate surface area is 182 Å². The van der Waals surface area contributed by atoms with Crippen molar-refractivity contribution < 1.29 is 19.1 Å². The van der Waals surface area contributed by atoms with Gasteiger partial charge in [-0.25, -0.2) is 9.78 Å². The fourth-order valence-electron chi connectivity index (χ4n) is 2.46. The summed E-state index contributed by atoms with van der Waals surface area (Å²) < 4.78 is 4.87. The molecule has 0 saturated heterocycles. The number of anilines is 1. The highest BCUT2D eigenvalue weighted by atomic mass is 32.1. The summed E-state index contributed by atoms with van der Waals surface area (Å²) in [6, 6.07) is 15.2. The second-order valence-electron chi connectivity index (χ2n) is 5.94. The number of nitrogens with one attached hydrogen (secondary N) is 2. The van der Waals surface area contributed by atoms with Crippen molar-refractivity contribution in [1.82, 2.24) is 10.3 Å². The van der Waals surface area contributed by atoms with Crippen LogP contribution in [0.25, 0.3) is 0 Å². The molecule has 1 heterocycles. The summed E-state index contributed by atoms with van der Waals surface area (Å²) in [5.74, 6) is -1.09. The maximum absolute atomic E-state index is 12.4. The van der Waals surface area contributed by atoms with E-state index >= 15 is 0 Å². The number of hydrogen-bond donors (Lipinski definition) is 2. The van der Waals surface area contributed by atoms with Crippen molar-refractivity contribution in [2.24, 2.45) is 0 Å². The largest absolute Gasteiger partial charge is 0.461 e. The maximum atomic E-state index is 12.4. The van der Waals surface area contributed by atoms with Crippen molar-refractivity contribution in [3.05, 3.63) is 82.4 Å². The lowest BCUT2D eigenvalue weighted by Crippen LogP contribution is -2.34. The summed E-state index contributed by atoms with van der Waals surface area (Å²) >= 11 is 6.28.